The monoisotopic (exact) mass is 500 g/mol. The molecular formula is C23H14Cl2F4O2S. The normalized spacial score (nSPS) is 13.2. The molecule has 0 radical (unpaired) electrons. The first-order valence-corrected chi connectivity index (χ1v) is 11.1. The van der Waals surface area contributed by atoms with Crippen molar-refractivity contribution in [1.29, 1.82) is 0 Å². The minimum absolute atomic E-state index is 0.0979. The summed E-state index contributed by atoms with van der Waals surface area (Å²) in [6.45, 7) is 0. The fourth-order valence-electron chi connectivity index (χ4n) is 2.83. The number of benzene rings is 3. The van der Waals surface area contributed by atoms with E-state index in [1.165, 1.54) is 24.3 Å². The molecule has 1 unspecified atom stereocenters. The molecule has 0 aromatic heterocycles. The second kappa shape index (κ2) is 10.1. The van der Waals surface area contributed by atoms with E-state index < -0.39 is 40.1 Å². The van der Waals surface area contributed by atoms with Crippen LogP contribution in [-0.2, 0) is 23.1 Å². The summed E-state index contributed by atoms with van der Waals surface area (Å²) >= 11 is 9.66. The lowest BCUT2D eigenvalue weighted by atomic mass is 10.0. The topological polar surface area (TPSA) is 40.1 Å². The lowest BCUT2D eigenvalue weighted by Gasteiger charge is -2.15. The molecule has 0 fully saturated rings. The first kappa shape index (κ1) is 24.3. The van der Waals surface area contributed by atoms with Crippen LogP contribution in [0.15, 0.2) is 71.6 Å². The van der Waals surface area contributed by atoms with Crippen molar-refractivity contribution in [2.45, 2.75) is 11.9 Å². The average molecular weight is 501 g/mol. The Bertz CT molecular complexity index is 1140. The van der Waals surface area contributed by atoms with Crippen LogP contribution in [0.4, 0.5) is 17.6 Å². The van der Waals surface area contributed by atoms with Gasteiger partial charge in [0.25, 0.3) is 0 Å². The van der Waals surface area contributed by atoms with Crippen LogP contribution in [0.2, 0.25) is 10.0 Å². The molecule has 9 heteroatoms. The van der Waals surface area contributed by atoms with Crippen molar-refractivity contribution >= 4 is 46.2 Å². The van der Waals surface area contributed by atoms with Crippen molar-refractivity contribution in [3.63, 3.8) is 0 Å². The van der Waals surface area contributed by atoms with Crippen LogP contribution in [0, 0.1) is 5.82 Å². The van der Waals surface area contributed by atoms with Crippen molar-refractivity contribution in [2.75, 3.05) is 0 Å². The lowest BCUT2D eigenvalue weighted by Crippen LogP contribution is -2.17. The summed E-state index contributed by atoms with van der Waals surface area (Å²) in [6, 6.07) is 14.0. The molecule has 0 spiro atoms. The summed E-state index contributed by atoms with van der Waals surface area (Å²) in [6.07, 6.45) is -3.98. The van der Waals surface area contributed by atoms with Gasteiger partial charge in [-0.25, -0.2) is 4.39 Å². The van der Waals surface area contributed by atoms with E-state index in [2.05, 4.69) is 0 Å². The third-order valence-electron chi connectivity index (χ3n) is 4.39. The molecule has 0 bridgehead atoms. The second-order valence-corrected chi connectivity index (χ2v) is 8.98. The molecule has 0 aliphatic carbocycles. The minimum atomic E-state index is -4.87. The number of ketones is 1. The van der Waals surface area contributed by atoms with E-state index in [9.17, 15) is 26.9 Å². The van der Waals surface area contributed by atoms with E-state index in [0.717, 1.165) is 18.2 Å². The largest absolute Gasteiger partial charge is 0.611 e. The Labute approximate surface area is 194 Å². The van der Waals surface area contributed by atoms with E-state index in [0.29, 0.717) is 21.7 Å². The van der Waals surface area contributed by atoms with E-state index in [-0.39, 0.29) is 16.2 Å². The first-order valence-electron chi connectivity index (χ1n) is 9.06. The molecule has 0 aliphatic rings. The zero-order valence-corrected chi connectivity index (χ0v) is 18.5. The summed E-state index contributed by atoms with van der Waals surface area (Å²) in [5.41, 5.74) is -1.08. The van der Waals surface area contributed by atoms with Crippen molar-refractivity contribution in [2.24, 2.45) is 0 Å². The minimum Gasteiger partial charge on any atom is -0.611 e. The van der Waals surface area contributed by atoms with Crippen LogP contribution >= 0.6 is 23.2 Å². The van der Waals surface area contributed by atoms with Gasteiger partial charge in [-0.3, -0.25) is 4.79 Å². The fourth-order valence-corrected chi connectivity index (χ4v) is 4.31. The van der Waals surface area contributed by atoms with Crippen LogP contribution in [0.3, 0.4) is 0 Å². The molecule has 0 heterocycles. The number of carbonyl (C=O) groups is 1. The molecule has 32 heavy (non-hydrogen) atoms. The highest BCUT2D eigenvalue weighted by atomic mass is 35.5. The quantitative estimate of drug-likeness (QED) is 0.154. The highest BCUT2D eigenvalue weighted by Crippen LogP contribution is 2.34. The first-order chi connectivity index (χ1) is 15.0. The standard InChI is InChI=1S/C23H14Cl2F4O2S/c24-17-6-1-14(2-7-17)13-32(31)21(22(30)15-3-8-18(25)9-4-15)11-16-5-10-19(26)12-20(16)23(27,28)29/h1-12H,13H2/b21-11+. The molecule has 0 saturated carbocycles. The third-order valence-corrected chi connectivity index (χ3v) is 6.29. The van der Waals surface area contributed by atoms with Crippen LogP contribution in [0.5, 0.6) is 0 Å². The van der Waals surface area contributed by atoms with Gasteiger partial charge in [0.1, 0.15) is 11.6 Å². The molecule has 3 rings (SSSR count). The maximum Gasteiger partial charge on any atom is 0.417 e. The predicted molar refractivity (Wildman–Crippen MR) is 118 cm³/mol. The van der Waals surface area contributed by atoms with E-state index >= 15 is 0 Å². The molecule has 0 aliphatic heterocycles. The molecule has 0 N–H and O–H groups in total. The van der Waals surface area contributed by atoms with Gasteiger partial charge in [0.15, 0.2) is 0 Å². The maximum absolute atomic E-state index is 13.5. The summed E-state index contributed by atoms with van der Waals surface area (Å²) in [4.78, 5) is 12.7. The predicted octanol–water partition coefficient (Wildman–Crippen LogP) is 7.32. The summed E-state index contributed by atoms with van der Waals surface area (Å²) in [5, 5.41) is 0.806. The number of rotatable bonds is 6. The molecule has 0 amide bonds. The van der Waals surface area contributed by atoms with Gasteiger partial charge in [0, 0.05) is 27.2 Å². The highest BCUT2D eigenvalue weighted by molar-refractivity contribution is 7.95. The number of alkyl halides is 3. The van der Waals surface area contributed by atoms with Crippen LogP contribution in [0.25, 0.3) is 6.08 Å². The van der Waals surface area contributed by atoms with Crippen molar-refractivity contribution in [3.05, 3.63) is 110 Å². The number of halogens is 6. The third kappa shape index (κ3) is 6.13. The average Bonchev–Trinajstić information content (AvgIpc) is 2.73. The number of Topliss-reactive ketones (excluding diaryl/α,β-unsaturated/α-hetero) is 1. The Morgan fingerprint density at radius 2 is 1.50 bits per heavy atom. The van der Waals surface area contributed by atoms with Gasteiger partial charge >= 0.3 is 6.18 Å². The van der Waals surface area contributed by atoms with Crippen LogP contribution in [-0.4, -0.2) is 10.3 Å². The zero-order chi connectivity index (χ0) is 23.5. The van der Waals surface area contributed by atoms with Gasteiger partial charge in [-0.2, -0.15) is 13.2 Å². The molecule has 166 valence electrons. The van der Waals surface area contributed by atoms with Crippen LogP contribution < -0.4 is 0 Å². The highest BCUT2D eigenvalue weighted by Gasteiger charge is 2.35. The molecule has 3 aromatic carbocycles. The summed E-state index contributed by atoms with van der Waals surface area (Å²) in [7, 11) is 0. The van der Waals surface area contributed by atoms with Gasteiger partial charge in [0.2, 0.25) is 10.7 Å². The fraction of sp³-hybridized carbons (Fsp3) is 0.0870. The summed E-state index contributed by atoms with van der Waals surface area (Å²) in [5.74, 6) is -1.95. The lowest BCUT2D eigenvalue weighted by molar-refractivity contribution is -0.137. The number of allylic oxidation sites excluding steroid dienone is 1. The second-order valence-electron chi connectivity index (χ2n) is 6.69. The molecule has 0 saturated heterocycles. The van der Waals surface area contributed by atoms with Crippen molar-refractivity contribution in [3.8, 4) is 0 Å². The molecular weight excluding hydrogens is 487 g/mol. The zero-order valence-electron chi connectivity index (χ0n) is 16.1. The van der Waals surface area contributed by atoms with Crippen molar-refractivity contribution < 1.29 is 26.9 Å². The molecule has 2 nitrogen and oxygen atoms in total. The Kier molecular flexibility index (Phi) is 7.67. The van der Waals surface area contributed by atoms with E-state index in [1.54, 1.807) is 24.3 Å². The SMILES string of the molecule is O=C(/C(=C\c1ccc(F)cc1C(F)(F)F)[S+]([O-])Cc1ccc(Cl)cc1)c1ccc(Cl)cc1. The van der Waals surface area contributed by atoms with Crippen molar-refractivity contribution in [1.82, 2.24) is 0 Å². The van der Waals surface area contributed by atoms with E-state index in [4.69, 9.17) is 23.2 Å². The van der Waals surface area contributed by atoms with Gasteiger partial charge < -0.3 is 4.55 Å². The Morgan fingerprint density at radius 1 is 0.938 bits per heavy atom. The smallest absolute Gasteiger partial charge is 0.417 e. The molecule has 3 aromatic rings. The Morgan fingerprint density at radius 3 is 2.06 bits per heavy atom. The van der Waals surface area contributed by atoms with Gasteiger partial charge in [-0.1, -0.05) is 41.4 Å². The molecule has 1 atom stereocenters. The number of hydrogen-bond acceptors (Lipinski definition) is 2. The van der Waals surface area contributed by atoms with Crippen LogP contribution in [0.1, 0.15) is 27.0 Å². The Balaban J connectivity index is 2.08. The summed E-state index contributed by atoms with van der Waals surface area (Å²) < 4.78 is 67.0. The number of carbonyl (C=O) groups excluding carboxylic acids is 1. The maximum atomic E-state index is 13.5. The van der Waals surface area contributed by atoms with Gasteiger partial charge in [0.05, 0.1) is 5.56 Å². The van der Waals surface area contributed by atoms with Gasteiger partial charge in [-0.05, 0) is 65.3 Å². The van der Waals surface area contributed by atoms with E-state index in [1.807, 2.05) is 0 Å². The number of hydrogen-bond donors (Lipinski definition) is 0. The Hall–Kier alpha value is -2.32. The van der Waals surface area contributed by atoms with Gasteiger partial charge in [-0.15, -0.1) is 0 Å².